The minimum Gasteiger partial charge on any atom is -0.507 e. The largest absolute Gasteiger partial charge is 0.507 e. The molecule has 7 heteroatoms. The van der Waals surface area contributed by atoms with Gasteiger partial charge in [0.05, 0.1) is 11.1 Å². The van der Waals surface area contributed by atoms with Gasteiger partial charge in [-0.1, -0.05) is 18.2 Å². The summed E-state index contributed by atoms with van der Waals surface area (Å²) < 4.78 is 53.7. The molecule has 0 saturated carbocycles. The molecular formula is C21H22F4N2O. The van der Waals surface area contributed by atoms with Crippen molar-refractivity contribution in [2.24, 2.45) is 0 Å². The molecule has 0 amide bonds. The number of hydrogen-bond donors (Lipinski definition) is 2. The number of benzene rings is 2. The molecule has 0 saturated heterocycles. The molecule has 0 unspecified atom stereocenters. The zero-order valence-electron chi connectivity index (χ0n) is 15.5. The quantitative estimate of drug-likeness (QED) is 0.442. The molecule has 1 aromatic heterocycles. The predicted octanol–water partition coefficient (Wildman–Crippen LogP) is 4.90. The van der Waals surface area contributed by atoms with E-state index in [2.05, 4.69) is 5.32 Å². The van der Waals surface area contributed by atoms with Crippen molar-refractivity contribution in [2.45, 2.75) is 32.5 Å². The summed E-state index contributed by atoms with van der Waals surface area (Å²) in [6.45, 7) is 3.73. The van der Waals surface area contributed by atoms with E-state index in [1.807, 2.05) is 17.7 Å². The number of phenols is 1. The maximum Gasteiger partial charge on any atom is 0.416 e. The highest BCUT2D eigenvalue weighted by atomic mass is 19.4. The summed E-state index contributed by atoms with van der Waals surface area (Å²) in [5, 5.41) is 14.0. The molecule has 0 fully saturated rings. The Morgan fingerprint density at radius 2 is 1.82 bits per heavy atom. The molecule has 150 valence electrons. The van der Waals surface area contributed by atoms with Crippen LogP contribution in [0.4, 0.5) is 17.6 Å². The summed E-state index contributed by atoms with van der Waals surface area (Å²) in [7, 11) is 0. The van der Waals surface area contributed by atoms with Gasteiger partial charge < -0.3 is 15.0 Å². The highest BCUT2D eigenvalue weighted by Crippen LogP contribution is 2.31. The van der Waals surface area contributed by atoms with Crippen molar-refractivity contribution < 1.29 is 22.7 Å². The van der Waals surface area contributed by atoms with Crippen molar-refractivity contribution in [3.63, 3.8) is 0 Å². The summed E-state index contributed by atoms with van der Waals surface area (Å²) in [5.41, 5.74) is 1.54. The minimum absolute atomic E-state index is 0.0823. The normalized spacial score (nSPS) is 12.0. The smallest absolute Gasteiger partial charge is 0.416 e. The lowest BCUT2D eigenvalue weighted by Gasteiger charge is -2.09. The average molecular weight is 394 g/mol. The topological polar surface area (TPSA) is 37.2 Å². The minimum atomic E-state index is -4.33. The van der Waals surface area contributed by atoms with E-state index in [1.54, 1.807) is 6.07 Å². The third-order valence-corrected chi connectivity index (χ3v) is 4.76. The highest BCUT2D eigenvalue weighted by Gasteiger charge is 2.30. The predicted molar refractivity (Wildman–Crippen MR) is 101 cm³/mol. The lowest BCUT2D eigenvalue weighted by Crippen LogP contribution is -2.20. The highest BCUT2D eigenvalue weighted by molar-refractivity contribution is 5.89. The average Bonchev–Trinajstić information content (AvgIpc) is 2.99. The van der Waals surface area contributed by atoms with Crippen molar-refractivity contribution in [1.82, 2.24) is 9.88 Å². The first-order valence-electron chi connectivity index (χ1n) is 9.16. The zero-order valence-corrected chi connectivity index (χ0v) is 15.5. The first-order valence-corrected chi connectivity index (χ1v) is 9.16. The van der Waals surface area contributed by atoms with Crippen LogP contribution in [-0.2, 0) is 25.6 Å². The van der Waals surface area contributed by atoms with Crippen LogP contribution in [0, 0.1) is 5.82 Å². The molecule has 2 aromatic carbocycles. The molecule has 0 spiro atoms. The van der Waals surface area contributed by atoms with Gasteiger partial charge in [0.15, 0.2) is 0 Å². The Kier molecular flexibility index (Phi) is 5.93. The SMILES string of the molecule is CCn1cc(CCNCCc2cccc(C(F)(F)F)c2)c2c(O)cc(F)cc21. The Morgan fingerprint density at radius 3 is 2.54 bits per heavy atom. The van der Waals surface area contributed by atoms with E-state index in [4.69, 9.17) is 0 Å². The Hall–Kier alpha value is -2.54. The second kappa shape index (κ2) is 8.22. The van der Waals surface area contributed by atoms with Gasteiger partial charge in [-0.3, -0.25) is 0 Å². The third kappa shape index (κ3) is 4.47. The van der Waals surface area contributed by atoms with E-state index in [0.717, 1.165) is 17.7 Å². The zero-order chi connectivity index (χ0) is 20.3. The summed E-state index contributed by atoms with van der Waals surface area (Å²) in [4.78, 5) is 0. The molecule has 28 heavy (non-hydrogen) atoms. The molecule has 3 aromatic rings. The van der Waals surface area contributed by atoms with Crippen LogP contribution in [0.1, 0.15) is 23.6 Å². The first-order chi connectivity index (χ1) is 13.3. The van der Waals surface area contributed by atoms with Crippen molar-refractivity contribution in [1.29, 1.82) is 0 Å². The number of aromatic nitrogens is 1. The fraction of sp³-hybridized carbons (Fsp3) is 0.333. The monoisotopic (exact) mass is 394 g/mol. The summed E-state index contributed by atoms with van der Waals surface area (Å²) in [6.07, 6.45) is -1.33. The summed E-state index contributed by atoms with van der Waals surface area (Å²) >= 11 is 0. The Bertz CT molecular complexity index is 963. The number of alkyl halides is 3. The van der Waals surface area contributed by atoms with Crippen molar-refractivity contribution in [3.05, 3.63) is 65.1 Å². The molecule has 0 atom stereocenters. The lowest BCUT2D eigenvalue weighted by molar-refractivity contribution is -0.137. The van der Waals surface area contributed by atoms with E-state index in [1.165, 1.54) is 18.2 Å². The molecule has 0 bridgehead atoms. The number of aromatic hydroxyl groups is 1. The second-order valence-corrected chi connectivity index (χ2v) is 6.71. The number of fused-ring (bicyclic) bond motifs is 1. The Morgan fingerprint density at radius 1 is 1.07 bits per heavy atom. The number of halogens is 4. The van der Waals surface area contributed by atoms with E-state index in [9.17, 15) is 22.7 Å². The molecule has 0 aliphatic carbocycles. The van der Waals surface area contributed by atoms with Crippen molar-refractivity contribution >= 4 is 10.9 Å². The molecule has 1 heterocycles. The van der Waals surface area contributed by atoms with Crippen LogP contribution in [0.5, 0.6) is 5.75 Å². The van der Waals surface area contributed by atoms with Gasteiger partial charge in [-0.25, -0.2) is 4.39 Å². The number of nitrogens with zero attached hydrogens (tertiary/aromatic N) is 1. The first kappa shape index (κ1) is 20.2. The number of hydrogen-bond acceptors (Lipinski definition) is 2. The molecule has 0 aliphatic rings. The lowest BCUT2D eigenvalue weighted by atomic mass is 10.1. The van der Waals surface area contributed by atoms with Crippen LogP contribution in [0.25, 0.3) is 10.9 Å². The number of phenolic OH excluding ortho intramolecular Hbond substituents is 1. The van der Waals surface area contributed by atoms with Gasteiger partial charge >= 0.3 is 6.18 Å². The number of rotatable bonds is 7. The molecule has 0 radical (unpaired) electrons. The van der Waals surface area contributed by atoms with Gasteiger partial charge in [0.25, 0.3) is 0 Å². The van der Waals surface area contributed by atoms with E-state index < -0.39 is 17.6 Å². The third-order valence-electron chi connectivity index (χ3n) is 4.76. The van der Waals surface area contributed by atoms with Crippen LogP contribution in [0.2, 0.25) is 0 Å². The van der Waals surface area contributed by atoms with Gasteiger partial charge in [-0.05, 0) is 56.1 Å². The van der Waals surface area contributed by atoms with E-state index in [0.29, 0.717) is 48.9 Å². The maximum atomic E-state index is 13.6. The fourth-order valence-corrected chi connectivity index (χ4v) is 3.39. The molecule has 3 nitrogen and oxygen atoms in total. The van der Waals surface area contributed by atoms with Crippen LogP contribution >= 0.6 is 0 Å². The summed E-state index contributed by atoms with van der Waals surface area (Å²) in [6, 6.07) is 7.84. The number of aryl methyl sites for hydroxylation is 1. The van der Waals surface area contributed by atoms with Gasteiger partial charge in [0.1, 0.15) is 11.6 Å². The summed E-state index contributed by atoms with van der Waals surface area (Å²) in [5.74, 6) is -0.565. The van der Waals surface area contributed by atoms with E-state index in [-0.39, 0.29) is 5.75 Å². The molecule has 2 N–H and O–H groups in total. The van der Waals surface area contributed by atoms with Crippen LogP contribution < -0.4 is 5.32 Å². The molecular weight excluding hydrogens is 372 g/mol. The van der Waals surface area contributed by atoms with Gasteiger partial charge in [0, 0.05) is 24.2 Å². The standard InChI is InChI=1S/C21H22F4N2O/c1-2-27-13-15(20-18(27)11-17(22)12-19(20)28)7-9-26-8-6-14-4-3-5-16(10-14)21(23,24)25/h3-5,10-13,26,28H,2,6-9H2,1H3. The van der Waals surface area contributed by atoms with Gasteiger partial charge in [-0.2, -0.15) is 13.2 Å². The fourth-order valence-electron chi connectivity index (χ4n) is 3.39. The maximum absolute atomic E-state index is 13.6. The van der Waals surface area contributed by atoms with Crippen molar-refractivity contribution in [2.75, 3.05) is 13.1 Å². The second-order valence-electron chi connectivity index (χ2n) is 6.71. The van der Waals surface area contributed by atoms with Gasteiger partial charge in [0.2, 0.25) is 0 Å². The van der Waals surface area contributed by atoms with Crippen LogP contribution in [0.15, 0.2) is 42.6 Å². The van der Waals surface area contributed by atoms with Crippen molar-refractivity contribution in [3.8, 4) is 5.75 Å². The van der Waals surface area contributed by atoms with Gasteiger partial charge in [-0.15, -0.1) is 0 Å². The Labute approximate surface area is 160 Å². The number of nitrogens with one attached hydrogen (secondary N) is 1. The van der Waals surface area contributed by atoms with E-state index >= 15 is 0 Å². The molecule has 0 aliphatic heterocycles. The molecule has 3 rings (SSSR count). The Balaban J connectivity index is 1.59. The van der Waals surface area contributed by atoms with Crippen LogP contribution in [0.3, 0.4) is 0 Å². The van der Waals surface area contributed by atoms with Crippen LogP contribution in [-0.4, -0.2) is 22.8 Å².